The second-order valence-corrected chi connectivity index (χ2v) is 8.88. The molecule has 1 spiro atoms. The molecule has 5 rings (SSSR count). The molecule has 0 bridgehead atoms. The van der Waals surface area contributed by atoms with Crippen LogP contribution in [-0.4, -0.2) is 30.8 Å². The number of rotatable bonds is 4. The second kappa shape index (κ2) is 7.78. The predicted octanol–water partition coefficient (Wildman–Crippen LogP) is 4.29. The normalized spacial score (nSPS) is 21.8. The highest BCUT2D eigenvalue weighted by Crippen LogP contribution is 2.48. The molecule has 29 heavy (non-hydrogen) atoms. The van der Waals surface area contributed by atoms with Crippen molar-refractivity contribution in [3.05, 3.63) is 22.5 Å². The van der Waals surface area contributed by atoms with Gasteiger partial charge in [-0.15, -0.1) is 0 Å². The first-order valence-electron chi connectivity index (χ1n) is 10.6. The van der Waals surface area contributed by atoms with Gasteiger partial charge in [0.05, 0.1) is 22.8 Å². The number of fused-ring (bicyclic) bond motifs is 4. The number of halogens is 1. The Kier molecular flexibility index (Phi) is 5.14. The molecule has 2 amide bonds. The van der Waals surface area contributed by atoms with Gasteiger partial charge in [-0.25, -0.2) is 9.78 Å². The Hall–Kier alpha value is -1.83. The number of aromatic nitrogens is 1. The number of ether oxygens (including phenoxy) is 1. The van der Waals surface area contributed by atoms with Crippen molar-refractivity contribution in [3.8, 4) is 0 Å². The lowest BCUT2D eigenvalue weighted by molar-refractivity contribution is 0.0661. The standard InChI is InChI=1S/C21H27ClN4O3/c22-14-10-15-19(29-16(24-15)12-23-11-13-4-8-28-9-5-13)17-18(14)25-20(27)26-21(17)6-2-1-3-7-21/h10,13,23H,1-9,11-12H2,(H2,25,26,27). The molecule has 3 aliphatic rings. The van der Waals surface area contributed by atoms with Crippen LogP contribution < -0.4 is 16.0 Å². The van der Waals surface area contributed by atoms with Crippen LogP contribution in [0.1, 0.15) is 56.4 Å². The van der Waals surface area contributed by atoms with Gasteiger partial charge in [0.15, 0.2) is 5.58 Å². The fraction of sp³-hybridized carbons (Fsp3) is 0.619. The second-order valence-electron chi connectivity index (χ2n) is 8.47. The van der Waals surface area contributed by atoms with E-state index in [-0.39, 0.29) is 6.03 Å². The number of amides is 2. The Bertz CT molecular complexity index is 916. The molecule has 1 aromatic heterocycles. The fourth-order valence-electron chi connectivity index (χ4n) is 5.02. The number of anilines is 1. The third-order valence-corrected chi connectivity index (χ3v) is 6.80. The van der Waals surface area contributed by atoms with Crippen LogP contribution in [0, 0.1) is 5.92 Å². The van der Waals surface area contributed by atoms with Crippen molar-refractivity contribution in [2.24, 2.45) is 5.92 Å². The lowest BCUT2D eigenvalue weighted by Gasteiger charge is -2.42. The maximum atomic E-state index is 12.3. The smallest absolute Gasteiger partial charge is 0.319 e. The molecule has 2 aliphatic heterocycles. The molecule has 1 aliphatic carbocycles. The van der Waals surface area contributed by atoms with Crippen molar-refractivity contribution in [1.29, 1.82) is 0 Å². The highest BCUT2D eigenvalue weighted by Gasteiger charge is 2.44. The van der Waals surface area contributed by atoms with Crippen molar-refractivity contribution >= 4 is 34.4 Å². The number of nitrogens with one attached hydrogen (secondary N) is 3. The summed E-state index contributed by atoms with van der Waals surface area (Å²) in [5.41, 5.74) is 2.69. The van der Waals surface area contributed by atoms with Crippen LogP contribution in [-0.2, 0) is 16.8 Å². The predicted molar refractivity (Wildman–Crippen MR) is 111 cm³/mol. The minimum Gasteiger partial charge on any atom is -0.439 e. The van der Waals surface area contributed by atoms with Gasteiger partial charge in [0, 0.05) is 18.8 Å². The average Bonchev–Trinajstić information content (AvgIpc) is 3.11. The maximum absolute atomic E-state index is 12.3. The molecule has 7 nitrogen and oxygen atoms in total. The molecule has 1 aromatic carbocycles. The van der Waals surface area contributed by atoms with E-state index in [1.807, 2.05) is 0 Å². The monoisotopic (exact) mass is 418 g/mol. The van der Waals surface area contributed by atoms with Crippen molar-refractivity contribution < 1.29 is 13.9 Å². The first-order valence-corrected chi connectivity index (χ1v) is 11.0. The summed E-state index contributed by atoms with van der Waals surface area (Å²) in [4.78, 5) is 17.0. The van der Waals surface area contributed by atoms with Crippen LogP contribution in [0.4, 0.5) is 10.5 Å². The molecule has 1 saturated heterocycles. The van der Waals surface area contributed by atoms with Gasteiger partial charge in [0.25, 0.3) is 0 Å². The molecule has 156 valence electrons. The molecule has 0 radical (unpaired) electrons. The highest BCUT2D eigenvalue weighted by molar-refractivity contribution is 6.35. The number of urea groups is 1. The van der Waals surface area contributed by atoms with Crippen LogP contribution in [0.5, 0.6) is 0 Å². The van der Waals surface area contributed by atoms with Gasteiger partial charge in [0.2, 0.25) is 5.89 Å². The molecular formula is C21H27ClN4O3. The van der Waals surface area contributed by atoms with E-state index in [1.54, 1.807) is 6.07 Å². The van der Waals surface area contributed by atoms with Gasteiger partial charge in [-0.3, -0.25) is 0 Å². The number of benzene rings is 1. The Morgan fingerprint density at radius 2 is 2.03 bits per heavy atom. The number of carbonyl (C=O) groups excluding carboxylic acids is 1. The van der Waals surface area contributed by atoms with Crippen molar-refractivity contribution in [1.82, 2.24) is 15.6 Å². The zero-order valence-corrected chi connectivity index (χ0v) is 17.2. The molecule has 0 atom stereocenters. The average molecular weight is 419 g/mol. The molecular weight excluding hydrogens is 392 g/mol. The van der Waals surface area contributed by atoms with Gasteiger partial charge < -0.3 is 25.1 Å². The molecule has 1 saturated carbocycles. The SMILES string of the molecule is O=C1Nc2c(Cl)cc3nc(CNCC4CCOCC4)oc3c2C2(CCCCC2)N1. The Labute approximate surface area is 174 Å². The highest BCUT2D eigenvalue weighted by atomic mass is 35.5. The third-order valence-electron chi connectivity index (χ3n) is 6.50. The van der Waals surface area contributed by atoms with Gasteiger partial charge in [-0.2, -0.15) is 0 Å². The zero-order chi connectivity index (χ0) is 19.8. The maximum Gasteiger partial charge on any atom is 0.319 e. The van der Waals surface area contributed by atoms with Crippen LogP contribution in [0.15, 0.2) is 10.5 Å². The van der Waals surface area contributed by atoms with E-state index < -0.39 is 5.54 Å². The van der Waals surface area contributed by atoms with E-state index in [0.717, 1.165) is 74.9 Å². The number of oxazole rings is 1. The minimum absolute atomic E-state index is 0.196. The van der Waals surface area contributed by atoms with Crippen LogP contribution in [0.3, 0.4) is 0 Å². The van der Waals surface area contributed by atoms with Crippen molar-refractivity contribution in [3.63, 3.8) is 0 Å². The van der Waals surface area contributed by atoms with E-state index in [9.17, 15) is 4.79 Å². The Morgan fingerprint density at radius 1 is 1.24 bits per heavy atom. The third kappa shape index (κ3) is 3.60. The number of hydrogen-bond donors (Lipinski definition) is 3. The minimum atomic E-state index is -0.425. The molecule has 2 fully saturated rings. The van der Waals surface area contributed by atoms with Crippen molar-refractivity contribution in [2.75, 3.05) is 25.1 Å². The first kappa shape index (κ1) is 19.2. The molecule has 0 unspecified atom stereocenters. The summed E-state index contributed by atoms with van der Waals surface area (Å²) in [6, 6.07) is 1.60. The summed E-state index contributed by atoms with van der Waals surface area (Å²) in [5, 5.41) is 10.1. The number of hydrogen-bond acceptors (Lipinski definition) is 5. The van der Waals surface area contributed by atoms with Crippen LogP contribution in [0.2, 0.25) is 5.02 Å². The quantitative estimate of drug-likeness (QED) is 0.689. The molecule has 8 heteroatoms. The molecule has 3 heterocycles. The topological polar surface area (TPSA) is 88.4 Å². The summed E-state index contributed by atoms with van der Waals surface area (Å²) in [5.74, 6) is 1.29. The largest absolute Gasteiger partial charge is 0.439 e. The van der Waals surface area contributed by atoms with E-state index in [2.05, 4.69) is 20.9 Å². The first-order chi connectivity index (χ1) is 14.1. The zero-order valence-electron chi connectivity index (χ0n) is 16.5. The lowest BCUT2D eigenvalue weighted by Crippen LogP contribution is -2.52. The van der Waals surface area contributed by atoms with Crippen LogP contribution >= 0.6 is 11.6 Å². The Morgan fingerprint density at radius 3 is 2.83 bits per heavy atom. The Balaban J connectivity index is 1.45. The summed E-state index contributed by atoms with van der Waals surface area (Å²) < 4.78 is 11.6. The number of nitrogens with zero attached hydrogens (tertiary/aromatic N) is 1. The van der Waals surface area contributed by atoms with Crippen LogP contribution in [0.25, 0.3) is 11.1 Å². The van der Waals surface area contributed by atoms with Gasteiger partial charge >= 0.3 is 6.03 Å². The molecule has 2 aromatic rings. The summed E-state index contributed by atoms with van der Waals surface area (Å²) in [6.45, 7) is 3.20. The lowest BCUT2D eigenvalue weighted by atomic mass is 9.74. The van der Waals surface area contributed by atoms with Crippen molar-refractivity contribution in [2.45, 2.75) is 57.0 Å². The van der Waals surface area contributed by atoms with E-state index >= 15 is 0 Å². The van der Waals surface area contributed by atoms with E-state index in [1.165, 1.54) is 6.42 Å². The summed E-state index contributed by atoms with van der Waals surface area (Å²) in [6.07, 6.45) is 7.29. The molecule has 3 N–H and O–H groups in total. The van der Waals surface area contributed by atoms with Gasteiger partial charge in [-0.1, -0.05) is 30.9 Å². The summed E-state index contributed by atoms with van der Waals surface area (Å²) in [7, 11) is 0. The number of carbonyl (C=O) groups is 1. The van der Waals surface area contributed by atoms with E-state index in [4.69, 9.17) is 20.8 Å². The summed E-state index contributed by atoms with van der Waals surface area (Å²) >= 11 is 6.55. The fourth-order valence-corrected chi connectivity index (χ4v) is 5.27. The van der Waals surface area contributed by atoms with Gasteiger partial charge in [-0.05, 0) is 44.2 Å². The van der Waals surface area contributed by atoms with E-state index in [0.29, 0.717) is 29.1 Å². The van der Waals surface area contributed by atoms with Gasteiger partial charge in [0.1, 0.15) is 5.52 Å².